The summed E-state index contributed by atoms with van der Waals surface area (Å²) in [5.74, 6) is 0.505. The summed E-state index contributed by atoms with van der Waals surface area (Å²) in [6.07, 6.45) is 6.75. The van der Waals surface area contributed by atoms with E-state index < -0.39 is 5.60 Å². The molecule has 0 radical (unpaired) electrons. The van der Waals surface area contributed by atoms with E-state index in [4.69, 9.17) is 4.74 Å². The molecule has 9 heteroatoms. The SMILES string of the molecule is C=CN=C1NC(c2ccc(NC(=O)c3cc(CN4CCCC(NC(=O)OC(C)(C)C)C4)ccn3)cc2)=CC1=C(C)C. The number of amidine groups is 1. The number of nitrogens with one attached hydrogen (secondary N) is 3. The van der Waals surface area contributed by atoms with Crippen molar-refractivity contribution in [3.05, 3.63) is 89.4 Å². The van der Waals surface area contributed by atoms with Crippen LogP contribution in [0.25, 0.3) is 5.70 Å². The van der Waals surface area contributed by atoms with Crippen molar-refractivity contribution >= 4 is 29.2 Å². The highest BCUT2D eigenvalue weighted by molar-refractivity contribution is 6.12. The van der Waals surface area contributed by atoms with Crippen LogP contribution >= 0.6 is 0 Å². The monoisotopic (exact) mass is 556 g/mol. The molecule has 0 bridgehead atoms. The van der Waals surface area contributed by atoms with E-state index in [2.05, 4.69) is 43.5 Å². The highest BCUT2D eigenvalue weighted by atomic mass is 16.6. The second-order valence-electron chi connectivity index (χ2n) is 11.6. The lowest BCUT2D eigenvalue weighted by atomic mass is 10.0. The number of likely N-dealkylation sites (tertiary alicyclic amines) is 1. The molecule has 3 heterocycles. The lowest BCUT2D eigenvalue weighted by Gasteiger charge is -2.33. The number of rotatable bonds is 7. The Bertz CT molecular complexity index is 1380. The third kappa shape index (κ3) is 8.38. The number of carbonyl (C=O) groups is 2. The van der Waals surface area contributed by atoms with Crippen molar-refractivity contribution in [2.24, 2.45) is 4.99 Å². The quantitative estimate of drug-likeness (QED) is 0.407. The molecule has 2 aliphatic rings. The van der Waals surface area contributed by atoms with E-state index in [-0.39, 0.29) is 18.0 Å². The van der Waals surface area contributed by atoms with Crippen molar-refractivity contribution in [3.63, 3.8) is 0 Å². The molecule has 216 valence electrons. The van der Waals surface area contributed by atoms with E-state index >= 15 is 0 Å². The van der Waals surface area contributed by atoms with E-state index in [1.807, 2.05) is 71.0 Å². The van der Waals surface area contributed by atoms with Crippen LogP contribution in [-0.2, 0) is 11.3 Å². The van der Waals surface area contributed by atoms with Gasteiger partial charge in [0.25, 0.3) is 5.91 Å². The Hall–Kier alpha value is -4.24. The summed E-state index contributed by atoms with van der Waals surface area (Å²) in [4.78, 5) is 36.1. The molecule has 1 aromatic carbocycles. The van der Waals surface area contributed by atoms with Gasteiger partial charge in [-0.05, 0) is 95.5 Å². The fourth-order valence-corrected chi connectivity index (χ4v) is 4.85. The Labute approximate surface area is 242 Å². The third-order valence-electron chi connectivity index (χ3n) is 6.70. The number of pyridine rings is 1. The number of aromatic nitrogens is 1. The van der Waals surface area contributed by atoms with Gasteiger partial charge in [0, 0.05) is 48.5 Å². The van der Waals surface area contributed by atoms with Crippen molar-refractivity contribution in [1.82, 2.24) is 20.5 Å². The van der Waals surface area contributed by atoms with E-state index in [1.165, 1.54) is 6.20 Å². The highest BCUT2D eigenvalue weighted by Crippen LogP contribution is 2.25. The van der Waals surface area contributed by atoms with Crippen molar-refractivity contribution in [3.8, 4) is 0 Å². The number of hydrogen-bond donors (Lipinski definition) is 3. The average molecular weight is 557 g/mol. The number of nitrogens with zero attached hydrogens (tertiary/aromatic N) is 3. The van der Waals surface area contributed by atoms with E-state index in [0.29, 0.717) is 17.9 Å². The molecule has 2 amide bonds. The van der Waals surface area contributed by atoms with Gasteiger partial charge < -0.3 is 20.7 Å². The Balaban J connectivity index is 1.35. The number of alkyl carbamates (subject to hydrolysis) is 1. The summed E-state index contributed by atoms with van der Waals surface area (Å²) in [6.45, 7) is 15.7. The molecule has 1 fully saturated rings. The van der Waals surface area contributed by atoms with Crippen molar-refractivity contribution < 1.29 is 14.3 Å². The third-order valence-corrected chi connectivity index (χ3v) is 6.70. The second-order valence-corrected chi connectivity index (χ2v) is 11.6. The highest BCUT2D eigenvalue weighted by Gasteiger charge is 2.24. The van der Waals surface area contributed by atoms with Gasteiger partial charge in [0.1, 0.15) is 17.1 Å². The minimum atomic E-state index is -0.528. The summed E-state index contributed by atoms with van der Waals surface area (Å²) in [5.41, 5.74) is 5.62. The molecule has 0 spiro atoms. The summed E-state index contributed by atoms with van der Waals surface area (Å²) < 4.78 is 5.41. The summed E-state index contributed by atoms with van der Waals surface area (Å²) >= 11 is 0. The molecular weight excluding hydrogens is 516 g/mol. The average Bonchev–Trinajstić information content (AvgIpc) is 3.33. The van der Waals surface area contributed by atoms with E-state index in [1.54, 1.807) is 6.20 Å². The number of hydrogen-bond acceptors (Lipinski definition) is 6. The predicted molar refractivity (Wildman–Crippen MR) is 163 cm³/mol. The molecule has 1 aromatic heterocycles. The zero-order valence-electron chi connectivity index (χ0n) is 24.6. The maximum absolute atomic E-state index is 13.0. The summed E-state index contributed by atoms with van der Waals surface area (Å²) in [5, 5.41) is 9.27. The zero-order valence-corrected chi connectivity index (χ0v) is 24.6. The first-order valence-electron chi connectivity index (χ1n) is 13.9. The van der Waals surface area contributed by atoms with Gasteiger partial charge in [-0.25, -0.2) is 9.79 Å². The number of aliphatic imine (C=N–C) groups is 1. The molecule has 1 saturated heterocycles. The molecule has 0 aliphatic carbocycles. The van der Waals surface area contributed by atoms with Crippen LogP contribution < -0.4 is 16.0 Å². The van der Waals surface area contributed by atoms with Crippen LogP contribution in [0.5, 0.6) is 0 Å². The first-order valence-corrected chi connectivity index (χ1v) is 13.9. The topological polar surface area (TPSA) is 108 Å². The number of carbonyl (C=O) groups excluding carboxylic acids is 2. The molecule has 41 heavy (non-hydrogen) atoms. The van der Waals surface area contributed by atoms with E-state index in [0.717, 1.165) is 59.7 Å². The minimum absolute atomic E-state index is 0.0239. The van der Waals surface area contributed by atoms with Crippen LogP contribution in [-0.4, -0.2) is 52.5 Å². The molecule has 1 unspecified atom stereocenters. The van der Waals surface area contributed by atoms with Gasteiger partial charge in [0.15, 0.2) is 0 Å². The maximum Gasteiger partial charge on any atom is 0.407 e. The maximum atomic E-state index is 13.0. The first-order chi connectivity index (χ1) is 19.5. The predicted octanol–water partition coefficient (Wildman–Crippen LogP) is 5.65. The molecular formula is C32H40N6O3. The molecule has 2 aliphatic heterocycles. The first kappa shape index (κ1) is 29.7. The lowest BCUT2D eigenvalue weighted by molar-refractivity contribution is 0.0470. The molecule has 4 rings (SSSR count). The smallest absolute Gasteiger partial charge is 0.407 e. The number of anilines is 1. The molecule has 1 atom stereocenters. The Kier molecular flexibility index (Phi) is 9.39. The second kappa shape index (κ2) is 13.0. The molecule has 0 saturated carbocycles. The number of allylic oxidation sites excluding steroid dienone is 1. The summed E-state index contributed by atoms with van der Waals surface area (Å²) in [7, 11) is 0. The number of amides is 2. The largest absolute Gasteiger partial charge is 0.444 e. The Morgan fingerprint density at radius 1 is 1.22 bits per heavy atom. The Morgan fingerprint density at radius 2 is 1.98 bits per heavy atom. The molecule has 2 aromatic rings. The van der Waals surface area contributed by atoms with Crippen LogP contribution in [0.15, 0.2) is 77.6 Å². The van der Waals surface area contributed by atoms with Crippen LogP contribution in [0.3, 0.4) is 0 Å². The van der Waals surface area contributed by atoms with Gasteiger partial charge in [-0.2, -0.15) is 0 Å². The van der Waals surface area contributed by atoms with Crippen molar-refractivity contribution in [2.75, 3.05) is 18.4 Å². The van der Waals surface area contributed by atoms with Gasteiger partial charge in [0.2, 0.25) is 0 Å². The van der Waals surface area contributed by atoms with Gasteiger partial charge in [0.05, 0.1) is 0 Å². The molecule has 3 N–H and O–H groups in total. The zero-order chi connectivity index (χ0) is 29.6. The normalized spacial score (nSPS) is 18.4. The fraction of sp³-hybridized carbons (Fsp3) is 0.375. The van der Waals surface area contributed by atoms with Gasteiger partial charge in [-0.15, -0.1) is 0 Å². The number of ether oxygens (including phenoxy) is 1. The summed E-state index contributed by atoms with van der Waals surface area (Å²) in [6, 6.07) is 11.4. The van der Waals surface area contributed by atoms with Crippen molar-refractivity contribution in [2.45, 2.75) is 65.6 Å². The van der Waals surface area contributed by atoms with Crippen LogP contribution in [0.2, 0.25) is 0 Å². The standard InChI is InChI=1S/C32H40N6O3/c1-7-33-29-26(21(2)3)18-27(37-29)23-10-12-24(13-11-23)35-30(39)28-17-22(14-15-34-28)19-38-16-8-9-25(20-38)36-31(40)41-32(4,5)6/h7,10-15,17-18,25H,1,8-9,16,19-20H2,2-6H3,(H,33,37)(H,35,39)(H,36,40). The molecule has 9 nitrogen and oxygen atoms in total. The van der Waals surface area contributed by atoms with Crippen LogP contribution in [0.1, 0.15) is 69.1 Å². The number of piperidine rings is 1. The lowest BCUT2D eigenvalue weighted by Crippen LogP contribution is -2.48. The van der Waals surface area contributed by atoms with E-state index in [9.17, 15) is 9.59 Å². The van der Waals surface area contributed by atoms with Crippen molar-refractivity contribution in [1.29, 1.82) is 0 Å². The fourth-order valence-electron chi connectivity index (χ4n) is 4.85. The number of benzene rings is 1. The Morgan fingerprint density at radius 3 is 2.66 bits per heavy atom. The minimum Gasteiger partial charge on any atom is -0.444 e. The van der Waals surface area contributed by atoms with Gasteiger partial charge >= 0.3 is 6.09 Å². The van der Waals surface area contributed by atoms with Gasteiger partial charge in [-0.3, -0.25) is 14.7 Å². The van der Waals surface area contributed by atoms with Crippen LogP contribution in [0.4, 0.5) is 10.5 Å². The van der Waals surface area contributed by atoms with Gasteiger partial charge in [-0.1, -0.05) is 24.3 Å². The van der Waals surface area contributed by atoms with Crippen LogP contribution in [0, 0.1) is 0 Å².